The Morgan fingerprint density at radius 3 is 2.25 bits per heavy atom. The molecule has 8 heteroatoms. The molecule has 0 radical (unpaired) electrons. The van der Waals surface area contributed by atoms with Crippen LogP contribution in [0.25, 0.3) is 0 Å². The lowest BCUT2D eigenvalue weighted by Crippen LogP contribution is -2.42. The van der Waals surface area contributed by atoms with E-state index in [-0.39, 0.29) is 18.2 Å². The molecule has 5 nitrogen and oxygen atoms in total. The molecule has 1 N–H and O–H groups in total. The Balaban J connectivity index is 2.12. The summed E-state index contributed by atoms with van der Waals surface area (Å²) in [6.45, 7) is 3.81. The third-order valence-corrected chi connectivity index (χ3v) is 4.17. The summed E-state index contributed by atoms with van der Waals surface area (Å²) in [5, 5.41) is 9.01. The number of carboxylic acid groups (broad SMARTS) is 1. The van der Waals surface area contributed by atoms with Crippen molar-refractivity contribution in [3.05, 3.63) is 29.8 Å². The number of carbonyl (C=O) groups is 2. The van der Waals surface area contributed by atoms with Crippen LogP contribution in [0.1, 0.15) is 25.8 Å². The molecule has 2 rings (SSSR count). The number of hydrogen-bond donors (Lipinski definition) is 1. The van der Waals surface area contributed by atoms with E-state index in [4.69, 9.17) is 5.11 Å². The second-order valence-corrected chi connectivity index (χ2v) is 6.27. The Morgan fingerprint density at radius 1 is 1.21 bits per heavy atom. The average molecular weight is 345 g/mol. The zero-order valence-electron chi connectivity index (χ0n) is 13.3. The molecule has 0 aliphatic carbocycles. The van der Waals surface area contributed by atoms with Gasteiger partial charge in [-0.3, -0.25) is 9.59 Å². The Kier molecular flexibility index (Phi) is 4.77. The Bertz CT molecular complexity index is 625. The largest absolute Gasteiger partial charge is 0.573 e. The molecule has 132 valence electrons. The maximum Gasteiger partial charge on any atom is 0.573 e. The van der Waals surface area contributed by atoms with E-state index in [1.165, 1.54) is 17.0 Å². The number of amides is 1. The molecule has 1 fully saturated rings. The molecule has 1 heterocycles. The number of nitrogens with zero attached hydrogens (tertiary/aromatic N) is 1. The zero-order valence-corrected chi connectivity index (χ0v) is 13.3. The van der Waals surface area contributed by atoms with E-state index in [2.05, 4.69) is 4.74 Å². The van der Waals surface area contributed by atoms with Gasteiger partial charge in [-0.15, -0.1) is 13.2 Å². The lowest BCUT2D eigenvalue weighted by atomic mass is 9.83. The first-order chi connectivity index (χ1) is 11.0. The van der Waals surface area contributed by atoms with E-state index in [0.29, 0.717) is 18.5 Å². The number of carbonyl (C=O) groups excluding carboxylic acids is 1. The maximum atomic E-state index is 12.7. The molecule has 24 heavy (non-hydrogen) atoms. The van der Waals surface area contributed by atoms with Crippen molar-refractivity contribution in [3.63, 3.8) is 0 Å². The number of ether oxygens (including phenoxy) is 1. The van der Waals surface area contributed by atoms with Gasteiger partial charge in [0.15, 0.2) is 0 Å². The van der Waals surface area contributed by atoms with Crippen LogP contribution in [0.4, 0.5) is 13.2 Å². The molecule has 1 aliphatic heterocycles. The summed E-state index contributed by atoms with van der Waals surface area (Å²) in [7, 11) is 0. The zero-order chi connectivity index (χ0) is 18.1. The molecule has 1 saturated heterocycles. The normalized spacial score (nSPS) is 18.5. The topological polar surface area (TPSA) is 66.8 Å². The highest BCUT2D eigenvalue weighted by molar-refractivity contribution is 5.88. The van der Waals surface area contributed by atoms with Gasteiger partial charge >= 0.3 is 12.3 Å². The highest BCUT2D eigenvalue weighted by Crippen LogP contribution is 2.31. The fourth-order valence-electron chi connectivity index (χ4n) is 2.74. The number of likely N-dealkylation sites (tertiary alicyclic amines) is 1. The quantitative estimate of drug-likeness (QED) is 0.911. The van der Waals surface area contributed by atoms with Crippen LogP contribution in [0.3, 0.4) is 0 Å². The maximum absolute atomic E-state index is 12.7. The standard InChI is InChI=1S/C16H18F3NO4/c1-15(2,14(23)20-8-7-10(9-20)13(21)22)11-3-5-12(6-4-11)24-16(17,18)19/h3-6,10H,7-9H2,1-2H3,(H,21,22). The van der Waals surface area contributed by atoms with Gasteiger partial charge in [-0.1, -0.05) is 12.1 Å². The van der Waals surface area contributed by atoms with Gasteiger partial charge in [0.1, 0.15) is 5.75 Å². The molecule has 1 atom stereocenters. The number of rotatable bonds is 4. The third kappa shape index (κ3) is 3.98. The van der Waals surface area contributed by atoms with Crippen LogP contribution in [-0.2, 0) is 15.0 Å². The van der Waals surface area contributed by atoms with Crippen molar-refractivity contribution in [1.82, 2.24) is 4.90 Å². The lowest BCUT2D eigenvalue weighted by Gasteiger charge is -2.29. The van der Waals surface area contributed by atoms with E-state index >= 15 is 0 Å². The second kappa shape index (κ2) is 6.33. The van der Waals surface area contributed by atoms with Crippen molar-refractivity contribution < 1.29 is 32.6 Å². The van der Waals surface area contributed by atoms with Gasteiger partial charge in [0.25, 0.3) is 0 Å². The number of hydrogen-bond acceptors (Lipinski definition) is 3. The molecular formula is C16H18F3NO4. The average Bonchev–Trinajstić information content (AvgIpc) is 2.95. The summed E-state index contributed by atoms with van der Waals surface area (Å²) in [5.74, 6) is -2.12. The van der Waals surface area contributed by atoms with Crippen molar-refractivity contribution in [2.24, 2.45) is 5.92 Å². The van der Waals surface area contributed by atoms with Gasteiger partial charge in [0, 0.05) is 13.1 Å². The van der Waals surface area contributed by atoms with Gasteiger partial charge in [0.05, 0.1) is 11.3 Å². The molecule has 0 spiro atoms. The van der Waals surface area contributed by atoms with Gasteiger partial charge in [0.2, 0.25) is 5.91 Å². The van der Waals surface area contributed by atoms with Crippen LogP contribution >= 0.6 is 0 Å². The summed E-state index contributed by atoms with van der Waals surface area (Å²) < 4.78 is 40.3. The molecule has 1 amide bonds. The number of halogens is 3. The molecule has 1 unspecified atom stereocenters. The molecule has 0 saturated carbocycles. The fourth-order valence-corrected chi connectivity index (χ4v) is 2.74. The van der Waals surface area contributed by atoms with Crippen molar-refractivity contribution in [2.75, 3.05) is 13.1 Å². The smallest absolute Gasteiger partial charge is 0.481 e. The number of aliphatic carboxylic acids is 1. The Morgan fingerprint density at radius 2 is 1.79 bits per heavy atom. The van der Waals surface area contributed by atoms with Gasteiger partial charge in [-0.25, -0.2) is 0 Å². The lowest BCUT2D eigenvalue weighted by molar-refractivity contribution is -0.274. The van der Waals surface area contributed by atoms with Crippen molar-refractivity contribution in [2.45, 2.75) is 32.0 Å². The van der Waals surface area contributed by atoms with Crippen LogP contribution in [0.2, 0.25) is 0 Å². The van der Waals surface area contributed by atoms with Crippen LogP contribution in [0.5, 0.6) is 5.75 Å². The Labute approximate surface area is 137 Å². The monoisotopic (exact) mass is 345 g/mol. The minimum absolute atomic E-state index is 0.146. The van der Waals surface area contributed by atoms with Crippen LogP contribution in [-0.4, -0.2) is 41.3 Å². The molecule has 1 aromatic carbocycles. The minimum Gasteiger partial charge on any atom is -0.481 e. The van der Waals surface area contributed by atoms with E-state index in [1.807, 2.05) is 0 Å². The van der Waals surface area contributed by atoms with E-state index in [9.17, 15) is 22.8 Å². The summed E-state index contributed by atoms with van der Waals surface area (Å²) in [4.78, 5) is 25.2. The molecule has 0 bridgehead atoms. The predicted octanol–water partition coefficient (Wildman–Crippen LogP) is 2.80. The Hall–Kier alpha value is -2.25. The van der Waals surface area contributed by atoms with Crippen molar-refractivity contribution in [3.8, 4) is 5.75 Å². The van der Waals surface area contributed by atoms with Crippen molar-refractivity contribution in [1.29, 1.82) is 0 Å². The summed E-state index contributed by atoms with van der Waals surface area (Å²) in [6.07, 6.45) is -4.37. The fraction of sp³-hybridized carbons (Fsp3) is 0.500. The predicted molar refractivity (Wildman–Crippen MR) is 78.5 cm³/mol. The highest BCUT2D eigenvalue weighted by Gasteiger charge is 2.39. The van der Waals surface area contributed by atoms with Crippen LogP contribution in [0.15, 0.2) is 24.3 Å². The highest BCUT2D eigenvalue weighted by atomic mass is 19.4. The third-order valence-electron chi connectivity index (χ3n) is 4.17. The number of carboxylic acids is 1. The number of alkyl halides is 3. The van der Waals surface area contributed by atoms with E-state index < -0.39 is 23.7 Å². The van der Waals surface area contributed by atoms with Crippen LogP contribution in [0, 0.1) is 5.92 Å². The second-order valence-electron chi connectivity index (χ2n) is 6.27. The van der Waals surface area contributed by atoms with Gasteiger partial charge in [-0.2, -0.15) is 0 Å². The molecule has 1 aliphatic rings. The van der Waals surface area contributed by atoms with E-state index in [1.54, 1.807) is 13.8 Å². The summed E-state index contributed by atoms with van der Waals surface area (Å²) >= 11 is 0. The SMILES string of the molecule is CC(C)(C(=O)N1CCC(C(=O)O)C1)c1ccc(OC(F)(F)F)cc1. The first-order valence-electron chi connectivity index (χ1n) is 7.39. The molecule has 1 aromatic rings. The van der Waals surface area contributed by atoms with Gasteiger partial charge in [-0.05, 0) is 38.0 Å². The first-order valence-corrected chi connectivity index (χ1v) is 7.39. The van der Waals surface area contributed by atoms with Crippen LogP contribution < -0.4 is 4.74 Å². The van der Waals surface area contributed by atoms with Crippen molar-refractivity contribution >= 4 is 11.9 Å². The summed E-state index contributed by atoms with van der Waals surface area (Å²) in [6, 6.07) is 5.12. The molecule has 0 aromatic heterocycles. The van der Waals surface area contributed by atoms with Gasteiger partial charge < -0.3 is 14.7 Å². The minimum atomic E-state index is -4.77. The van der Waals surface area contributed by atoms with E-state index in [0.717, 1.165) is 12.1 Å². The first kappa shape index (κ1) is 18.1. The molecular weight excluding hydrogens is 327 g/mol. The summed E-state index contributed by atoms with van der Waals surface area (Å²) in [5.41, 5.74) is -0.453. The number of benzene rings is 1.